The average molecular weight is 355 g/mol. The summed E-state index contributed by atoms with van der Waals surface area (Å²) >= 11 is 0. The van der Waals surface area contributed by atoms with Crippen molar-refractivity contribution in [2.45, 2.75) is 12.1 Å². The fourth-order valence-corrected chi connectivity index (χ4v) is 3.46. The van der Waals surface area contributed by atoms with Gasteiger partial charge in [0, 0.05) is 23.8 Å². The molecule has 134 valence electrons. The van der Waals surface area contributed by atoms with Gasteiger partial charge in [-0.2, -0.15) is 0 Å². The van der Waals surface area contributed by atoms with Gasteiger partial charge in [-0.05, 0) is 36.4 Å². The molecule has 2 aromatic carbocycles. The zero-order valence-corrected chi connectivity index (χ0v) is 14.8. The van der Waals surface area contributed by atoms with Crippen LogP contribution in [0, 0.1) is 0 Å². The number of hydrogen-bond acceptors (Lipinski definition) is 4. The number of allylic oxidation sites excluding steroid dienone is 4. The number of anilines is 2. The summed E-state index contributed by atoms with van der Waals surface area (Å²) in [6, 6.07) is 19.9. The summed E-state index contributed by atoms with van der Waals surface area (Å²) in [5.41, 5.74) is 2.75. The van der Waals surface area contributed by atoms with E-state index in [9.17, 15) is 5.21 Å². The fourth-order valence-electron chi connectivity index (χ4n) is 3.46. The first kappa shape index (κ1) is 16.9. The number of nitrogens with zero attached hydrogens (tertiary/aromatic N) is 3. The van der Waals surface area contributed by atoms with Crippen molar-refractivity contribution >= 4 is 17.1 Å². The normalized spacial score (nSPS) is 20.7. The minimum Gasteiger partial charge on any atom is -0.411 e. The van der Waals surface area contributed by atoms with Crippen LogP contribution in [0.4, 0.5) is 11.4 Å². The van der Waals surface area contributed by atoms with Crippen LogP contribution >= 0.6 is 0 Å². The van der Waals surface area contributed by atoms with Crippen molar-refractivity contribution in [3.8, 4) is 0 Å². The second kappa shape index (κ2) is 7.79. The molecular weight excluding hydrogens is 334 g/mol. The van der Waals surface area contributed by atoms with E-state index in [-0.39, 0.29) is 12.1 Å². The highest BCUT2D eigenvalue weighted by atomic mass is 16.4. The van der Waals surface area contributed by atoms with Gasteiger partial charge in [0.15, 0.2) is 0 Å². The van der Waals surface area contributed by atoms with E-state index in [2.05, 4.69) is 51.4 Å². The van der Waals surface area contributed by atoms with Crippen molar-refractivity contribution in [2.75, 3.05) is 9.80 Å². The summed E-state index contributed by atoms with van der Waals surface area (Å²) < 4.78 is 0. The van der Waals surface area contributed by atoms with E-state index in [4.69, 9.17) is 0 Å². The maximum atomic E-state index is 9.98. The van der Waals surface area contributed by atoms with Crippen LogP contribution in [0.5, 0.6) is 0 Å². The minimum atomic E-state index is -0.185. The Morgan fingerprint density at radius 2 is 1.11 bits per heavy atom. The molecule has 0 spiro atoms. The molecule has 0 fully saturated rings. The summed E-state index contributed by atoms with van der Waals surface area (Å²) in [6.45, 7) is 0. The highest BCUT2D eigenvalue weighted by Gasteiger charge is 2.31. The maximum Gasteiger partial charge on any atom is 0.110 e. The Labute approximate surface area is 159 Å². The van der Waals surface area contributed by atoms with Gasteiger partial charge in [0.1, 0.15) is 5.71 Å². The Bertz CT molecular complexity index is 840. The summed E-state index contributed by atoms with van der Waals surface area (Å²) in [6.07, 6.45) is 16.1. The SMILES string of the molecule is ON=C(C1C=CC=CN1c1ccccc1)C1C=CC=CN1c1ccccc1. The molecule has 0 aliphatic carbocycles. The van der Waals surface area contributed by atoms with E-state index in [0.717, 1.165) is 11.4 Å². The molecule has 0 amide bonds. The molecule has 2 heterocycles. The lowest BCUT2D eigenvalue weighted by molar-refractivity contribution is 0.315. The molecule has 0 aromatic heterocycles. The molecule has 0 radical (unpaired) electrons. The van der Waals surface area contributed by atoms with Gasteiger partial charge in [-0.25, -0.2) is 0 Å². The quantitative estimate of drug-likeness (QED) is 0.489. The Morgan fingerprint density at radius 3 is 1.52 bits per heavy atom. The van der Waals surface area contributed by atoms with Crippen molar-refractivity contribution in [1.29, 1.82) is 0 Å². The molecule has 0 bridgehead atoms. The molecule has 2 aliphatic heterocycles. The van der Waals surface area contributed by atoms with Crippen LogP contribution in [0.3, 0.4) is 0 Å². The largest absolute Gasteiger partial charge is 0.411 e. The van der Waals surface area contributed by atoms with E-state index in [1.807, 2.05) is 73.1 Å². The summed E-state index contributed by atoms with van der Waals surface area (Å²) in [5, 5.41) is 13.7. The third-order valence-corrected chi connectivity index (χ3v) is 4.73. The monoisotopic (exact) mass is 355 g/mol. The molecule has 2 atom stereocenters. The molecule has 0 saturated carbocycles. The van der Waals surface area contributed by atoms with E-state index in [1.54, 1.807) is 0 Å². The van der Waals surface area contributed by atoms with Gasteiger partial charge in [-0.15, -0.1) is 0 Å². The minimum absolute atomic E-state index is 0.185. The van der Waals surface area contributed by atoms with Gasteiger partial charge in [-0.3, -0.25) is 0 Å². The third-order valence-electron chi connectivity index (χ3n) is 4.73. The van der Waals surface area contributed by atoms with Crippen LogP contribution in [0.25, 0.3) is 0 Å². The lowest BCUT2D eigenvalue weighted by Gasteiger charge is -2.37. The topological polar surface area (TPSA) is 39.1 Å². The Balaban J connectivity index is 1.70. The lowest BCUT2D eigenvalue weighted by Crippen LogP contribution is -2.48. The van der Waals surface area contributed by atoms with Gasteiger partial charge >= 0.3 is 0 Å². The Hall–Kier alpha value is -3.53. The maximum absolute atomic E-state index is 9.98. The van der Waals surface area contributed by atoms with Crippen molar-refractivity contribution in [3.63, 3.8) is 0 Å². The van der Waals surface area contributed by atoms with Crippen molar-refractivity contribution in [2.24, 2.45) is 5.16 Å². The number of para-hydroxylation sites is 2. The van der Waals surface area contributed by atoms with Crippen LogP contribution in [0.1, 0.15) is 0 Å². The third kappa shape index (κ3) is 3.42. The molecule has 4 rings (SSSR count). The molecule has 27 heavy (non-hydrogen) atoms. The fraction of sp³-hybridized carbons (Fsp3) is 0.0870. The van der Waals surface area contributed by atoms with Crippen molar-refractivity contribution in [3.05, 3.63) is 110 Å². The number of hydrogen-bond donors (Lipinski definition) is 1. The second-order valence-electron chi connectivity index (χ2n) is 6.35. The lowest BCUT2D eigenvalue weighted by atomic mass is 9.96. The van der Waals surface area contributed by atoms with Gasteiger partial charge in [0.05, 0.1) is 12.1 Å². The second-order valence-corrected chi connectivity index (χ2v) is 6.35. The summed E-state index contributed by atoms with van der Waals surface area (Å²) in [4.78, 5) is 4.23. The van der Waals surface area contributed by atoms with Gasteiger partial charge in [-0.1, -0.05) is 65.9 Å². The van der Waals surface area contributed by atoms with E-state index in [1.165, 1.54) is 0 Å². The van der Waals surface area contributed by atoms with E-state index < -0.39 is 0 Å². The molecule has 2 aromatic rings. The standard InChI is InChI=1S/C23H21N3O/c27-24-23(21-15-7-9-17-25(21)19-11-3-1-4-12-19)22-16-8-10-18-26(22)20-13-5-2-6-14-20/h1-18,21-22,27H. The zero-order chi connectivity index (χ0) is 18.5. The van der Waals surface area contributed by atoms with Crippen LogP contribution < -0.4 is 9.80 Å². The predicted octanol–water partition coefficient (Wildman–Crippen LogP) is 4.73. The molecular formula is C23H21N3O. The number of benzene rings is 2. The summed E-state index contributed by atoms with van der Waals surface area (Å²) in [7, 11) is 0. The van der Waals surface area contributed by atoms with Gasteiger partial charge in [0.25, 0.3) is 0 Å². The molecule has 1 N–H and O–H groups in total. The van der Waals surface area contributed by atoms with E-state index >= 15 is 0 Å². The Kier molecular flexibility index (Phi) is 4.88. The summed E-state index contributed by atoms with van der Waals surface area (Å²) in [5.74, 6) is 0. The van der Waals surface area contributed by atoms with Crippen LogP contribution in [0.2, 0.25) is 0 Å². The zero-order valence-electron chi connectivity index (χ0n) is 14.8. The molecule has 4 nitrogen and oxygen atoms in total. The van der Waals surface area contributed by atoms with Crippen LogP contribution in [-0.4, -0.2) is 23.0 Å². The molecule has 4 heteroatoms. The van der Waals surface area contributed by atoms with Crippen molar-refractivity contribution in [1.82, 2.24) is 0 Å². The Morgan fingerprint density at radius 1 is 0.667 bits per heavy atom. The first-order chi connectivity index (χ1) is 13.4. The molecule has 0 saturated heterocycles. The number of rotatable bonds is 4. The van der Waals surface area contributed by atoms with E-state index in [0.29, 0.717) is 5.71 Å². The highest BCUT2D eigenvalue weighted by Crippen LogP contribution is 2.27. The average Bonchev–Trinajstić information content (AvgIpc) is 2.76. The molecule has 2 aliphatic rings. The first-order valence-corrected chi connectivity index (χ1v) is 8.97. The highest BCUT2D eigenvalue weighted by molar-refractivity contribution is 6.02. The smallest absolute Gasteiger partial charge is 0.110 e. The van der Waals surface area contributed by atoms with Crippen LogP contribution in [0.15, 0.2) is 115 Å². The number of oxime groups is 1. The van der Waals surface area contributed by atoms with Crippen LogP contribution in [-0.2, 0) is 0 Å². The first-order valence-electron chi connectivity index (χ1n) is 8.97. The van der Waals surface area contributed by atoms with Gasteiger partial charge in [0.2, 0.25) is 0 Å². The van der Waals surface area contributed by atoms with Crippen molar-refractivity contribution < 1.29 is 5.21 Å². The molecule has 2 unspecified atom stereocenters. The predicted molar refractivity (Wildman–Crippen MR) is 111 cm³/mol. The van der Waals surface area contributed by atoms with Gasteiger partial charge < -0.3 is 15.0 Å².